The van der Waals surface area contributed by atoms with E-state index in [9.17, 15) is 9.59 Å². The molecular formula is C18H17N5O2S2. The summed E-state index contributed by atoms with van der Waals surface area (Å²) in [6.07, 6.45) is 1.75. The zero-order valence-corrected chi connectivity index (χ0v) is 15.9. The van der Waals surface area contributed by atoms with Crippen molar-refractivity contribution in [1.29, 1.82) is 0 Å². The van der Waals surface area contributed by atoms with Crippen LogP contribution < -0.4 is 10.9 Å². The molecule has 0 aliphatic rings. The average Bonchev–Trinajstić information content (AvgIpc) is 3.36. The van der Waals surface area contributed by atoms with Gasteiger partial charge < -0.3 is 0 Å². The first-order valence-corrected chi connectivity index (χ1v) is 9.90. The van der Waals surface area contributed by atoms with Gasteiger partial charge in [-0.2, -0.15) is 0 Å². The Morgan fingerprint density at radius 3 is 2.67 bits per heavy atom. The summed E-state index contributed by atoms with van der Waals surface area (Å²) in [5, 5.41) is 10.8. The van der Waals surface area contributed by atoms with Crippen molar-refractivity contribution in [2.45, 2.75) is 11.7 Å². The van der Waals surface area contributed by atoms with Gasteiger partial charge in [0.1, 0.15) is 0 Å². The fourth-order valence-corrected chi connectivity index (χ4v) is 3.62. The number of carbonyl (C=O) groups is 2. The molecule has 3 aromatic rings. The second-order valence-corrected chi connectivity index (χ2v) is 7.23. The van der Waals surface area contributed by atoms with Crippen molar-refractivity contribution < 1.29 is 9.59 Å². The molecular weight excluding hydrogens is 382 g/mol. The van der Waals surface area contributed by atoms with Crippen molar-refractivity contribution >= 4 is 34.9 Å². The molecule has 0 aliphatic heterocycles. The third kappa shape index (κ3) is 4.83. The molecule has 7 nitrogen and oxygen atoms in total. The number of hydrogen-bond donors (Lipinski definition) is 2. The number of aromatic nitrogens is 3. The van der Waals surface area contributed by atoms with E-state index in [1.54, 1.807) is 23.6 Å². The second-order valence-electron chi connectivity index (χ2n) is 5.34. The standard InChI is InChI=1S/C18H17N5O2S2/c1-2-10-23-16(13-7-4-3-5-8-13)20-22-18(23)27-12-15(24)19-21-17(25)14-9-6-11-26-14/h2-9,11H,1,10,12H2,(H,19,24)(H,21,25). The summed E-state index contributed by atoms with van der Waals surface area (Å²) in [5.41, 5.74) is 5.73. The second kappa shape index (κ2) is 9.15. The Kier molecular flexibility index (Phi) is 6.39. The minimum absolute atomic E-state index is 0.0920. The summed E-state index contributed by atoms with van der Waals surface area (Å²) >= 11 is 2.54. The van der Waals surface area contributed by atoms with Gasteiger partial charge in [0.2, 0.25) is 5.91 Å². The van der Waals surface area contributed by atoms with Crippen LogP contribution >= 0.6 is 23.1 Å². The zero-order valence-electron chi connectivity index (χ0n) is 14.3. The highest BCUT2D eigenvalue weighted by Crippen LogP contribution is 2.23. The molecule has 3 rings (SSSR count). The molecule has 0 aliphatic carbocycles. The van der Waals surface area contributed by atoms with Crippen LogP contribution in [-0.4, -0.2) is 32.3 Å². The summed E-state index contributed by atoms with van der Waals surface area (Å²) in [5.74, 6) is 0.127. The lowest BCUT2D eigenvalue weighted by Crippen LogP contribution is -2.42. The van der Waals surface area contributed by atoms with Gasteiger partial charge in [-0.15, -0.1) is 28.1 Å². The topological polar surface area (TPSA) is 88.9 Å². The maximum Gasteiger partial charge on any atom is 0.279 e. The first-order chi connectivity index (χ1) is 13.2. The fraction of sp³-hybridized carbons (Fsp3) is 0.111. The van der Waals surface area contributed by atoms with Crippen LogP contribution in [0.1, 0.15) is 9.67 Å². The largest absolute Gasteiger partial charge is 0.298 e. The molecule has 2 amide bonds. The summed E-state index contributed by atoms with van der Waals surface area (Å²) in [6.45, 7) is 4.29. The van der Waals surface area contributed by atoms with E-state index in [1.165, 1.54) is 23.1 Å². The summed E-state index contributed by atoms with van der Waals surface area (Å²) in [4.78, 5) is 24.4. The number of thioether (sulfide) groups is 1. The van der Waals surface area contributed by atoms with E-state index in [4.69, 9.17) is 0 Å². The van der Waals surface area contributed by atoms with E-state index in [0.29, 0.717) is 22.4 Å². The van der Waals surface area contributed by atoms with Crippen LogP contribution in [0.2, 0.25) is 0 Å². The Hall–Kier alpha value is -2.91. The molecule has 2 heterocycles. The molecule has 0 atom stereocenters. The highest BCUT2D eigenvalue weighted by atomic mass is 32.2. The number of thiophene rings is 1. The van der Waals surface area contributed by atoms with Crippen LogP contribution in [-0.2, 0) is 11.3 Å². The first kappa shape index (κ1) is 18.9. The van der Waals surface area contributed by atoms with Crippen LogP contribution in [0.5, 0.6) is 0 Å². The lowest BCUT2D eigenvalue weighted by molar-refractivity contribution is -0.119. The number of carbonyl (C=O) groups excluding carboxylic acids is 2. The van der Waals surface area contributed by atoms with E-state index >= 15 is 0 Å². The van der Waals surface area contributed by atoms with Gasteiger partial charge in [0.05, 0.1) is 10.6 Å². The molecule has 0 bridgehead atoms. The van der Waals surface area contributed by atoms with Crippen molar-refractivity contribution in [2.75, 3.05) is 5.75 Å². The number of hydrogen-bond acceptors (Lipinski definition) is 6. The SMILES string of the molecule is C=CCn1c(SCC(=O)NNC(=O)c2cccs2)nnc1-c1ccccc1. The van der Waals surface area contributed by atoms with Crippen molar-refractivity contribution in [2.24, 2.45) is 0 Å². The molecule has 0 radical (unpaired) electrons. The van der Waals surface area contributed by atoms with Crippen LogP contribution in [0.3, 0.4) is 0 Å². The molecule has 0 saturated heterocycles. The van der Waals surface area contributed by atoms with Crippen molar-refractivity contribution in [3.05, 3.63) is 65.4 Å². The summed E-state index contributed by atoms with van der Waals surface area (Å²) < 4.78 is 1.89. The Morgan fingerprint density at radius 2 is 1.96 bits per heavy atom. The average molecular weight is 400 g/mol. The number of nitrogens with zero attached hydrogens (tertiary/aromatic N) is 3. The highest BCUT2D eigenvalue weighted by molar-refractivity contribution is 7.99. The van der Waals surface area contributed by atoms with E-state index < -0.39 is 0 Å². The lowest BCUT2D eigenvalue weighted by atomic mass is 10.2. The molecule has 0 saturated carbocycles. The van der Waals surface area contributed by atoms with Gasteiger partial charge in [0, 0.05) is 12.1 Å². The van der Waals surface area contributed by atoms with Crippen LogP contribution in [0, 0.1) is 0 Å². The van der Waals surface area contributed by atoms with Crippen molar-refractivity contribution in [1.82, 2.24) is 25.6 Å². The van der Waals surface area contributed by atoms with Gasteiger partial charge in [-0.05, 0) is 11.4 Å². The van der Waals surface area contributed by atoms with Crippen molar-refractivity contribution in [3.63, 3.8) is 0 Å². The molecule has 0 spiro atoms. The smallest absolute Gasteiger partial charge is 0.279 e. The van der Waals surface area contributed by atoms with E-state index in [0.717, 1.165) is 5.56 Å². The number of benzene rings is 1. The maximum atomic E-state index is 12.0. The maximum absolute atomic E-state index is 12.0. The van der Waals surface area contributed by atoms with E-state index in [1.807, 2.05) is 34.9 Å². The van der Waals surface area contributed by atoms with E-state index in [2.05, 4.69) is 27.6 Å². The summed E-state index contributed by atoms with van der Waals surface area (Å²) in [6, 6.07) is 13.1. The van der Waals surface area contributed by atoms with Gasteiger partial charge in [-0.3, -0.25) is 25.0 Å². The lowest BCUT2D eigenvalue weighted by Gasteiger charge is -2.08. The molecule has 138 valence electrons. The van der Waals surface area contributed by atoms with Gasteiger partial charge in [-0.1, -0.05) is 54.2 Å². The molecule has 0 fully saturated rings. The molecule has 2 aromatic heterocycles. The third-order valence-electron chi connectivity index (χ3n) is 3.45. The van der Waals surface area contributed by atoms with Crippen LogP contribution in [0.25, 0.3) is 11.4 Å². The molecule has 0 unspecified atom stereocenters. The number of hydrazine groups is 1. The zero-order chi connectivity index (χ0) is 19.1. The fourth-order valence-electron chi connectivity index (χ4n) is 2.25. The molecule has 9 heteroatoms. The molecule has 1 aromatic carbocycles. The van der Waals surface area contributed by atoms with Gasteiger partial charge in [0.25, 0.3) is 5.91 Å². The number of amides is 2. The minimum atomic E-state index is -0.343. The normalized spacial score (nSPS) is 10.4. The Morgan fingerprint density at radius 1 is 1.15 bits per heavy atom. The minimum Gasteiger partial charge on any atom is -0.298 e. The Bertz CT molecular complexity index is 923. The molecule has 2 N–H and O–H groups in total. The quantitative estimate of drug-likeness (QED) is 0.362. The monoisotopic (exact) mass is 399 g/mol. The van der Waals surface area contributed by atoms with E-state index in [-0.39, 0.29) is 17.6 Å². The first-order valence-electron chi connectivity index (χ1n) is 8.04. The highest BCUT2D eigenvalue weighted by Gasteiger charge is 2.15. The third-order valence-corrected chi connectivity index (χ3v) is 5.29. The van der Waals surface area contributed by atoms with Gasteiger partial charge in [-0.25, -0.2) is 0 Å². The van der Waals surface area contributed by atoms with Gasteiger partial charge in [0.15, 0.2) is 11.0 Å². The summed E-state index contributed by atoms with van der Waals surface area (Å²) in [7, 11) is 0. The number of nitrogens with one attached hydrogen (secondary N) is 2. The Labute approximate surface area is 164 Å². The van der Waals surface area contributed by atoms with Crippen molar-refractivity contribution in [3.8, 4) is 11.4 Å². The van der Waals surface area contributed by atoms with Crippen LogP contribution in [0.15, 0.2) is 65.7 Å². The van der Waals surface area contributed by atoms with Crippen LogP contribution in [0.4, 0.5) is 0 Å². The Balaban J connectivity index is 1.60. The molecule has 27 heavy (non-hydrogen) atoms. The predicted octanol–water partition coefficient (Wildman–Crippen LogP) is 2.75. The predicted molar refractivity (Wildman–Crippen MR) is 106 cm³/mol. The number of rotatable bonds is 7. The number of allylic oxidation sites excluding steroid dienone is 1. The van der Waals surface area contributed by atoms with Gasteiger partial charge >= 0.3 is 0 Å².